The van der Waals surface area contributed by atoms with Crippen molar-refractivity contribution in [3.63, 3.8) is 0 Å². The van der Waals surface area contributed by atoms with Gasteiger partial charge in [0, 0.05) is 37.6 Å². The summed E-state index contributed by atoms with van der Waals surface area (Å²) >= 11 is 0. The van der Waals surface area contributed by atoms with Gasteiger partial charge in [-0.3, -0.25) is 9.69 Å². The van der Waals surface area contributed by atoms with Crippen molar-refractivity contribution in [2.45, 2.75) is 6.42 Å². The molecular weight excluding hydrogens is 230 g/mol. The van der Waals surface area contributed by atoms with Crippen LogP contribution < -0.4 is 10.6 Å². The maximum Gasteiger partial charge on any atom is 0.317 e. The molecule has 3 N–H and O–H groups in total. The first-order valence-electron chi connectivity index (χ1n) is 6.20. The Bertz CT molecular complexity index is 405. The van der Waals surface area contributed by atoms with Gasteiger partial charge in [-0.25, -0.2) is 0 Å². The molecule has 0 atom stereocenters. The van der Waals surface area contributed by atoms with Crippen molar-refractivity contribution in [2.75, 3.05) is 43.4 Å². The lowest BCUT2D eigenvalue weighted by Gasteiger charge is -2.23. The summed E-state index contributed by atoms with van der Waals surface area (Å²) in [5, 5.41) is 8.80. The van der Waals surface area contributed by atoms with Crippen molar-refractivity contribution in [1.29, 1.82) is 0 Å². The molecular formula is C13H19N3O2. The van der Waals surface area contributed by atoms with Crippen LogP contribution in [0.15, 0.2) is 24.3 Å². The lowest BCUT2D eigenvalue weighted by Crippen LogP contribution is -2.34. The van der Waals surface area contributed by atoms with E-state index in [2.05, 4.69) is 4.90 Å². The lowest BCUT2D eigenvalue weighted by molar-refractivity contribution is -0.138. The smallest absolute Gasteiger partial charge is 0.317 e. The molecule has 1 aliphatic rings. The Labute approximate surface area is 107 Å². The molecule has 5 nitrogen and oxygen atoms in total. The molecule has 0 aromatic heterocycles. The molecule has 0 amide bonds. The zero-order valence-corrected chi connectivity index (χ0v) is 10.4. The molecule has 98 valence electrons. The maximum atomic E-state index is 10.7. The van der Waals surface area contributed by atoms with Crippen LogP contribution in [0.1, 0.15) is 6.42 Å². The largest absolute Gasteiger partial charge is 0.480 e. The molecule has 0 bridgehead atoms. The minimum Gasteiger partial charge on any atom is -0.480 e. The van der Waals surface area contributed by atoms with Crippen LogP contribution in [0, 0.1) is 0 Å². The fourth-order valence-corrected chi connectivity index (χ4v) is 2.26. The Morgan fingerprint density at radius 2 is 1.89 bits per heavy atom. The van der Waals surface area contributed by atoms with E-state index in [-0.39, 0.29) is 6.54 Å². The number of hydrogen-bond acceptors (Lipinski definition) is 4. The molecule has 1 aromatic carbocycles. The molecule has 0 unspecified atom stereocenters. The molecule has 0 radical (unpaired) electrons. The van der Waals surface area contributed by atoms with Crippen molar-refractivity contribution in [1.82, 2.24) is 4.90 Å². The monoisotopic (exact) mass is 249 g/mol. The Morgan fingerprint density at radius 1 is 1.17 bits per heavy atom. The Kier molecular flexibility index (Phi) is 4.04. The van der Waals surface area contributed by atoms with Gasteiger partial charge in [0.25, 0.3) is 0 Å². The van der Waals surface area contributed by atoms with Gasteiger partial charge in [-0.15, -0.1) is 0 Å². The Balaban J connectivity index is 1.96. The van der Waals surface area contributed by atoms with Crippen LogP contribution in [-0.2, 0) is 4.79 Å². The SMILES string of the molecule is Nc1ccc(N2CCCN(CC(=O)O)CC2)cc1. The first-order chi connectivity index (χ1) is 8.65. The zero-order valence-electron chi connectivity index (χ0n) is 10.4. The van der Waals surface area contributed by atoms with E-state index in [0.717, 1.165) is 44.0 Å². The summed E-state index contributed by atoms with van der Waals surface area (Å²) in [7, 11) is 0. The van der Waals surface area contributed by atoms with Gasteiger partial charge in [0.1, 0.15) is 0 Å². The Morgan fingerprint density at radius 3 is 2.56 bits per heavy atom. The van der Waals surface area contributed by atoms with Crippen molar-refractivity contribution in [3.8, 4) is 0 Å². The normalized spacial score (nSPS) is 17.4. The number of carboxylic acid groups (broad SMARTS) is 1. The molecule has 5 heteroatoms. The molecule has 18 heavy (non-hydrogen) atoms. The van der Waals surface area contributed by atoms with Gasteiger partial charge in [0.05, 0.1) is 6.54 Å². The van der Waals surface area contributed by atoms with Gasteiger partial charge in [0.2, 0.25) is 0 Å². The van der Waals surface area contributed by atoms with Gasteiger partial charge >= 0.3 is 5.97 Å². The molecule has 1 aliphatic heterocycles. The second-order valence-corrected chi connectivity index (χ2v) is 4.60. The van der Waals surface area contributed by atoms with Gasteiger partial charge in [0.15, 0.2) is 0 Å². The number of benzene rings is 1. The van der Waals surface area contributed by atoms with Crippen molar-refractivity contribution < 1.29 is 9.90 Å². The molecule has 1 aromatic rings. The first kappa shape index (κ1) is 12.7. The van der Waals surface area contributed by atoms with Crippen LogP contribution in [0.2, 0.25) is 0 Å². The van der Waals surface area contributed by atoms with Crippen molar-refractivity contribution in [3.05, 3.63) is 24.3 Å². The van der Waals surface area contributed by atoms with Crippen LogP contribution in [0.25, 0.3) is 0 Å². The topological polar surface area (TPSA) is 69.8 Å². The summed E-state index contributed by atoms with van der Waals surface area (Å²) in [6, 6.07) is 7.83. The third kappa shape index (κ3) is 3.37. The first-order valence-corrected chi connectivity index (χ1v) is 6.20. The number of rotatable bonds is 3. The van der Waals surface area contributed by atoms with E-state index in [1.165, 1.54) is 0 Å². The highest BCUT2D eigenvalue weighted by Gasteiger charge is 2.16. The fourth-order valence-electron chi connectivity index (χ4n) is 2.26. The number of hydrogen-bond donors (Lipinski definition) is 2. The summed E-state index contributed by atoms with van der Waals surface area (Å²) in [6.07, 6.45) is 0.984. The van der Waals surface area contributed by atoms with Crippen LogP contribution in [0.5, 0.6) is 0 Å². The average Bonchev–Trinajstić information content (AvgIpc) is 2.55. The van der Waals surface area contributed by atoms with Gasteiger partial charge < -0.3 is 15.7 Å². The molecule has 0 aliphatic carbocycles. The number of carbonyl (C=O) groups is 1. The van der Waals surface area contributed by atoms with Crippen LogP contribution in [-0.4, -0.2) is 48.7 Å². The fraction of sp³-hybridized carbons (Fsp3) is 0.462. The minimum atomic E-state index is -0.754. The van der Waals surface area contributed by atoms with E-state index in [1.807, 2.05) is 29.2 Å². The highest BCUT2D eigenvalue weighted by molar-refractivity contribution is 5.69. The molecule has 1 heterocycles. The summed E-state index contributed by atoms with van der Waals surface area (Å²) in [4.78, 5) is 15.0. The van der Waals surface area contributed by atoms with E-state index in [0.29, 0.717) is 0 Å². The molecule has 2 rings (SSSR count). The number of carboxylic acids is 1. The molecule has 1 fully saturated rings. The summed E-state index contributed by atoms with van der Waals surface area (Å²) in [5.74, 6) is -0.754. The predicted molar refractivity (Wildman–Crippen MR) is 71.8 cm³/mol. The zero-order chi connectivity index (χ0) is 13.0. The summed E-state index contributed by atoms with van der Waals surface area (Å²) < 4.78 is 0. The van der Waals surface area contributed by atoms with Gasteiger partial charge in [-0.2, -0.15) is 0 Å². The molecule has 0 saturated carbocycles. The number of nitrogens with zero attached hydrogens (tertiary/aromatic N) is 2. The van der Waals surface area contributed by atoms with E-state index in [9.17, 15) is 4.79 Å². The minimum absolute atomic E-state index is 0.135. The second-order valence-electron chi connectivity index (χ2n) is 4.60. The number of nitrogen functional groups attached to an aromatic ring is 1. The summed E-state index contributed by atoms with van der Waals surface area (Å²) in [6.45, 7) is 3.58. The van der Waals surface area contributed by atoms with Crippen LogP contribution in [0.3, 0.4) is 0 Å². The number of aliphatic carboxylic acids is 1. The highest BCUT2D eigenvalue weighted by Crippen LogP contribution is 2.18. The van der Waals surface area contributed by atoms with E-state index < -0.39 is 5.97 Å². The standard InChI is InChI=1S/C13H19N3O2/c14-11-2-4-12(5-3-11)16-7-1-6-15(8-9-16)10-13(17)18/h2-5H,1,6-10,14H2,(H,17,18). The van der Waals surface area contributed by atoms with E-state index in [4.69, 9.17) is 10.8 Å². The third-order valence-corrected chi connectivity index (χ3v) is 3.21. The average molecular weight is 249 g/mol. The van der Waals surface area contributed by atoms with Crippen molar-refractivity contribution >= 4 is 17.3 Å². The molecule has 0 spiro atoms. The van der Waals surface area contributed by atoms with E-state index in [1.54, 1.807) is 0 Å². The highest BCUT2D eigenvalue weighted by atomic mass is 16.4. The quantitative estimate of drug-likeness (QED) is 0.778. The Hall–Kier alpha value is -1.75. The number of nitrogens with two attached hydrogens (primary N) is 1. The van der Waals surface area contributed by atoms with Gasteiger partial charge in [-0.05, 0) is 30.7 Å². The maximum absolute atomic E-state index is 10.7. The third-order valence-electron chi connectivity index (χ3n) is 3.21. The van der Waals surface area contributed by atoms with Crippen LogP contribution >= 0.6 is 0 Å². The predicted octanol–water partition coefficient (Wildman–Crippen LogP) is 0.865. The lowest BCUT2D eigenvalue weighted by atomic mass is 10.2. The summed E-state index contributed by atoms with van der Waals surface area (Å²) in [5.41, 5.74) is 7.59. The second kappa shape index (κ2) is 5.73. The van der Waals surface area contributed by atoms with E-state index >= 15 is 0 Å². The number of anilines is 2. The molecule has 1 saturated heterocycles. The van der Waals surface area contributed by atoms with Crippen LogP contribution in [0.4, 0.5) is 11.4 Å². The van der Waals surface area contributed by atoms with Gasteiger partial charge in [-0.1, -0.05) is 0 Å². The van der Waals surface area contributed by atoms with Crippen molar-refractivity contribution in [2.24, 2.45) is 0 Å².